The summed E-state index contributed by atoms with van der Waals surface area (Å²) in [6, 6.07) is 6.90. The predicted molar refractivity (Wildman–Crippen MR) is 169 cm³/mol. The smallest absolute Gasteiger partial charge is 0.416 e. The fraction of sp³-hybridized carbons (Fsp3) is 0.417. The predicted octanol–water partition coefficient (Wildman–Crippen LogP) is 9.59. The number of pyridine rings is 1. The van der Waals surface area contributed by atoms with Crippen molar-refractivity contribution in [2.24, 2.45) is 11.3 Å². The summed E-state index contributed by atoms with van der Waals surface area (Å²) in [6.07, 6.45) is -9.43. The lowest BCUT2D eigenvalue weighted by molar-refractivity contribution is -0.143. The SMILES string of the molecule is COc1cnc(-c2ccc(C(=O)O)cc2C)cc1C1=C(CN2C(=O)O[C@H](c3cc(C(F)(F)F)cc(C(F)(F)F)c3)[C@@H]2C)C(C)C(C)(C)CC1. The van der Waals surface area contributed by atoms with Crippen molar-refractivity contribution in [3.05, 3.63) is 87.6 Å². The zero-order valence-corrected chi connectivity index (χ0v) is 27.7. The monoisotopic (exact) mass is 690 g/mol. The maximum Gasteiger partial charge on any atom is 0.416 e. The molecule has 1 aliphatic carbocycles. The Bertz CT molecular complexity index is 1800. The molecular weight excluding hydrogens is 654 g/mol. The van der Waals surface area contributed by atoms with Gasteiger partial charge in [0.1, 0.15) is 11.9 Å². The Balaban J connectivity index is 1.58. The summed E-state index contributed by atoms with van der Waals surface area (Å²) in [7, 11) is 1.50. The summed E-state index contributed by atoms with van der Waals surface area (Å²) in [4.78, 5) is 30.8. The van der Waals surface area contributed by atoms with Crippen LogP contribution in [0, 0.1) is 18.3 Å². The van der Waals surface area contributed by atoms with E-state index in [1.54, 1.807) is 25.3 Å². The summed E-state index contributed by atoms with van der Waals surface area (Å²) >= 11 is 0. The summed E-state index contributed by atoms with van der Waals surface area (Å²) in [5, 5.41) is 9.41. The number of nitrogens with zero attached hydrogens (tertiary/aromatic N) is 2. The highest BCUT2D eigenvalue weighted by atomic mass is 19.4. The molecule has 2 aliphatic rings. The Hall–Kier alpha value is -4.55. The van der Waals surface area contributed by atoms with Crippen LogP contribution < -0.4 is 4.74 Å². The van der Waals surface area contributed by atoms with Gasteiger partial charge in [-0.15, -0.1) is 0 Å². The first-order chi connectivity index (χ1) is 22.7. The fourth-order valence-electron chi connectivity index (χ4n) is 6.66. The number of aryl methyl sites for hydroxylation is 1. The molecule has 1 amide bonds. The average Bonchev–Trinajstić information content (AvgIpc) is 3.30. The van der Waals surface area contributed by atoms with E-state index in [0.717, 1.165) is 17.6 Å². The molecule has 1 N–H and O–H groups in total. The molecule has 3 aromatic rings. The molecule has 1 unspecified atom stereocenters. The van der Waals surface area contributed by atoms with Crippen LogP contribution in [-0.2, 0) is 17.1 Å². The summed E-state index contributed by atoms with van der Waals surface area (Å²) in [6.45, 7) is 9.52. The summed E-state index contributed by atoms with van der Waals surface area (Å²) in [5.74, 6) is -0.711. The van der Waals surface area contributed by atoms with Gasteiger partial charge in [-0.25, -0.2) is 9.59 Å². The minimum atomic E-state index is -5.05. The number of alkyl halides is 6. The normalized spacial score (nSPS) is 21.2. The van der Waals surface area contributed by atoms with E-state index in [1.165, 1.54) is 25.0 Å². The van der Waals surface area contributed by atoms with Crippen LogP contribution in [0.25, 0.3) is 16.8 Å². The highest BCUT2D eigenvalue weighted by Crippen LogP contribution is 2.50. The fourth-order valence-corrected chi connectivity index (χ4v) is 6.66. The molecule has 0 radical (unpaired) electrons. The van der Waals surface area contributed by atoms with Gasteiger partial charge in [-0.05, 0) is 96.7 Å². The van der Waals surface area contributed by atoms with Gasteiger partial charge in [-0.3, -0.25) is 9.88 Å². The number of hydrogen-bond acceptors (Lipinski definition) is 5. The molecule has 2 aromatic carbocycles. The minimum Gasteiger partial charge on any atom is -0.495 e. The largest absolute Gasteiger partial charge is 0.495 e. The van der Waals surface area contributed by atoms with Gasteiger partial charge in [0.05, 0.1) is 41.7 Å². The minimum absolute atomic E-state index is 0.00860. The summed E-state index contributed by atoms with van der Waals surface area (Å²) < 4.78 is 93.1. The van der Waals surface area contributed by atoms with Crippen LogP contribution in [0.4, 0.5) is 31.1 Å². The van der Waals surface area contributed by atoms with Crippen molar-refractivity contribution in [2.45, 2.75) is 72.0 Å². The second-order valence-corrected chi connectivity index (χ2v) is 13.3. The molecule has 7 nitrogen and oxygen atoms in total. The number of ether oxygens (including phenoxy) is 2. The van der Waals surface area contributed by atoms with Crippen molar-refractivity contribution in [2.75, 3.05) is 13.7 Å². The molecule has 13 heteroatoms. The number of benzene rings is 2. The lowest BCUT2D eigenvalue weighted by Gasteiger charge is -2.41. The molecule has 1 fully saturated rings. The summed E-state index contributed by atoms with van der Waals surface area (Å²) in [5.41, 5.74) is 0.917. The number of amides is 1. The number of carboxylic acid groups (broad SMARTS) is 1. The third kappa shape index (κ3) is 6.98. The highest BCUT2D eigenvalue weighted by molar-refractivity contribution is 5.89. The van der Waals surface area contributed by atoms with Crippen molar-refractivity contribution in [3.8, 4) is 17.0 Å². The second kappa shape index (κ2) is 12.7. The molecule has 49 heavy (non-hydrogen) atoms. The Morgan fingerprint density at radius 1 is 1.02 bits per heavy atom. The molecule has 2 heterocycles. The molecule has 0 spiro atoms. The van der Waals surface area contributed by atoms with Gasteiger partial charge in [0.2, 0.25) is 0 Å². The van der Waals surface area contributed by atoms with Crippen LogP contribution in [0.3, 0.4) is 0 Å². The number of aromatic carboxylic acids is 1. The lowest BCUT2D eigenvalue weighted by Crippen LogP contribution is -2.38. The number of halogens is 6. The van der Waals surface area contributed by atoms with E-state index in [9.17, 15) is 41.0 Å². The van der Waals surface area contributed by atoms with Gasteiger partial charge in [0, 0.05) is 17.7 Å². The Morgan fingerprint density at radius 2 is 1.65 bits per heavy atom. The standard InChI is InChI=1S/C36H36F6N2O5/c1-18-11-21(32(45)46)7-8-25(18)29-15-27(30(48-6)16-43-29)26-9-10-34(4,5)19(2)28(26)17-44-20(3)31(49-33(44)47)22-12-23(35(37,38)39)14-24(13-22)36(40,41)42/h7-8,11-16,19-20,31H,9-10,17H2,1-6H3,(H,45,46)/t19?,20-,31-/m0/s1. The quantitative estimate of drug-likeness (QED) is 0.249. The topological polar surface area (TPSA) is 89.0 Å². The number of hydrogen-bond donors (Lipinski definition) is 1. The van der Waals surface area contributed by atoms with Gasteiger partial charge < -0.3 is 14.6 Å². The zero-order valence-electron chi connectivity index (χ0n) is 27.7. The van der Waals surface area contributed by atoms with Crippen LogP contribution in [-0.4, -0.2) is 46.7 Å². The number of carbonyl (C=O) groups excluding carboxylic acids is 1. The van der Waals surface area contributed by atoms with Crippen LogP contribution in [0.1, 0.15) is 84.8 Å². The van der Waals surface area contributed by atoms with E-state index in [4.69, 9.17) is 9.47 Å². The van der Waals surface area contributed by atoms with E-state index < -0.39 is 53.3 Å². The Labute approximate surface area is 279 Å². The van der Waals surface area contributed by atoms with E-state index in [1.807, 2.05) is 13.0 Å². The molecule has 5 rings (SSSR count). The van der Waals surface area contributed by atoms with Crippen LogP contribution >= 0.6 is 0 Å². The number of rotatable bonds is 7. The number of carboxylic acids is 1. The maximum atomic E-state index is 13.6. The number of cyclic esters (lactones) is 1. The van der Waals surface area contributed by atoms with Crippen LogP contribution in [0.5, 0.6) is 5.75 Å². The number of aromatic nitrogens is 1. The van der Waals surface area contributed by atoms with Gasteiger partial charge in [0.25, 0.3) is 0 Å². The molecule has 262 valence electrons. The van der Waals surface area contributed by atoms with Crippen molar-refractivity contribution in [3.63, 3.8) is 0 Å². The highest BCUT2D eigenvalue weighted by Gasteiger charge is 2.45. The average molecular weight is 691 g/mol. The first kappa shape index (κ1) is 35.7. The van der Waals surface area contributed by atoms with Crippen LogP contribution in [0.15, 0.2) is 54.2 Å². The zero-order chi connectivity index (χ0) is 36.2. The molecular formula is C36H36F6N2O5. The van der Waals surface area contributed by atoms with Gasteiger partial charge >= 0.3 is 24.4 Å². The third-order valence-electron chi connectivity index (χ3n) is 9.93. The second-order valence-electron chi connectivity index (χ2n) is 13.3. The number of methoxy groups -OCH3 is 1. The van der Waals surface area contributed by atoms with Gasteiger partial charge in [-0.1, -0.05) is 26.8 Å². The van der Waals surface area contributed by atoms with E-state index >= 15 is 0 Å². The number of carbonyl (C=O) groups is 2. The van der Waals surface area contributed by atoms with Crippen molar-refractivity contribution < 1.29 is 50.5 Å². The third-order valence-corrected chi connectivity index (χ3v) is 9.93. The number of allylic oxidation sites excluding steroid dienone is 1. The van der Waals surface area contributed by atoms with Crippen LogP contribution in [0.2, 0.25) is 0 Å². The van der Waals surface area contributed by atoms with Gasteiger partial charge in [0.15, 0.2) is 0 Å². The molecule has 3 atom stereocenters. The molecule has 1 aromatic heterocycles. The molecule has 1 saturated heterocycles. The van der Waals surface area contributed by atoms with E-state index in [-0.39, 0.29) is 29.5 Å². The molecule has 0 saturated carbocycles. The Kier molecular flexibility index (Phi) is 9.28. The Morgan fingerprint density at radius 3 is 2.20 bits per heavy atom. The molecule has 0 bridgehead atoms. The van der Waals surface area contributed by atoms with Crippen molar-refractivity contribution in [1.82, 2.24) is 9.88 Å². The van der Waals surface area contributed by atoms with E-state index in [0.29, 0.717) is 46.7 Å². The first-order valence-corrected chi connectivity index (χ1v) is 15.6. The van der Waals surface area contributed by atoms with Gasteiger partial charge in [-0.2, -0.15) is 26.3 Å². The van der Waals surface area contributed by atoms with Crippen molar-refractivity contribution >= 4 is 17.6 Å². The molecule has 1 aliphatic heterocycles. The maximum absolute atomic E-state index is 13.6. The lowest BCUT2D eigenvalue weighted by atomic mass is 9.65. The van der Waals surface area contributed by atoms with E-state index in [2.05, 4.69) is 18.8 Å². The first-order valence-electron chi connectivity index (χ1n) is 15.6. The van der Waals surface area contributed by atoms with Crippen molar-refractivity contribution in [1.29, 1.82) is 0 Å².